The molecule has 0 aliphatic rings. The molecule has 0 heterocycles. The fraction of sp³-hybridized carbons (Fsp3) is 0.176. The van der Waals surface area contributed by atoms with Crippen molar-refractivity contribution in [2.24, 2.45) is 0 Å². The summed E-state index contributed by atoms with van der Waals surface area (Å²) in [6, 6.07) is 16.7. The van der Waals surface area contributed by atoms with Gasteiger partial charge in [0.25, 0.3) is 5.69 Å². The number of hydrogen-bond donors (Lipinski definition) is 1. The number of nitro benzene ring substituents is 1. The van der Waals surface area contributed by atoms with E-state index in [1.807, 2.05) is 6.07 Å². The summed E-state index contributed by atoms with van der Waals surface area (Å²) in [7, 11) is 0. The van der Waals surface area contributed by atoms with Crippen molar-refractivity contribution in [1.29, 1.82) is 5.26 Å². The second-order valence-electron chi connectivity index (χ2n) is 5.04. The standard InChI is InChI=1S/C17H14N2O4/c18-11-15(13-8-4-5-9-16(13)19(22)23)14(10-17(20)21)12-6-2-1-3-7-12/h1-9,14-15H,10H2,(H,20,21). The van der Waals surface area contributed by atoms with E-state index in [9.17, 15) is 25.3 Å². The Labute approximate surface area is 132 Å². The number of hydrogen-bond acceptors (Lipinski definition) is 4. The van der Waals surface area contributed by atoms with Gasteiger partial charge in [0.1, 0.15) is 0 Å². The smallest absolute Gasteiger partial charge is 0.304 e. The molecule has 0 fully saturated rings. The molecule has 6 nitrogen and oxygen atoms in total. The minimum absolute atomic E-state index is 0.176. The van der Waals surface area contributed by atoms with Crippen LogP contribution in [0.3, 0.4) is 0 Å². The normalized spacial score (nSPS) is 12.8. The maximum absolute atomic E-state index is 11.2. The summed E-state index contributed by atoms with van der Waals surface area (Å²) in [5.74, 6) is -2.65. The predicted molar refractivity (Wildman–Crippen MR) is 82.9 cm³/mol. The van der Waals surface area contributed by atoms with Gasteiger partial charge in [0.15, 0.2) is 0 Å². The van der Waals surface area contributed by atoms with Gasteiger partial charge in [-0.15, -0.1) is 0 Å². The van der Waals surface area contributed by atoms with Crippen molar-refractivity contribution in [3.8, 4) is 6.07 Å². The maximum Gasteiger partial charge on any atom is 0.304 e. The first kappa shape index (κ1) is 16.2. The molecule has 0 saturated carbocycles. The molecule has 2 atom stereocenters. The molecule has 2 aromatic rings. The first-order chi connectivity index (χ1) is 11.0. The molecule has 0 bridgehead atoms. The number of benzene rings is 2. The third kappa shape index (κ3) is 3.71. The summed E-state index contributed by atoms with van der Waals surface area (Å²) in [6.07, 6.45) is -0.283. The Morgan fingerprint density at radius 1 is 1.17 bits per heavy atom. The van der Waals surface area contributed by atoms with Crippen molar-refractivity contribution in [2.75, 3.05) is 0 Å². The average molecular weight is 310 g/mol. The first-order valence-electron chi connectivity index (χ1n) is 6.94. The van der Waals surface area contributed by atoms with Crippen LogP contribution >= 0.6 is 0 Å². The van der Waals surface area contributed by atoms with Crippen LogP contribution in [-0.2, 0) is 4.79 Å². The van der Waals surface area contributed by atoms with Crippen LogP contribution in [0.15, 0.2) is 54.6 Å². The number of carbonyl (C=O) groups is 1. The highest BCUT2D eigenvalue weighted by Gasteiger charge is 2.31. The number of nitrogens with zero attached hydrogens (tertiary/aromatic N) is 2. The minimum Gasteiger partial charge on any atom is -0.481 e. The van der Waals surface area contributed by atoms with Crippen molar-refractivity contribution in [3.63, 3.8) is 0 Å². The second kappa shape index (κ2) is 7.18. The van der Waals surface area contributed by atoms with Crippen LogP contribution in [0.1, 0.15) is 29.4 Å². The third-order valence-electron chi connectivity index (χ3n) is 3.63. The lowest BCUT2D eigenvalue weighted by Crippen LogP contribution is -2.15. The van der Waals surface area contributed by atoms with Gasteiger partial charge in [0.05, 0.1) is 23.3 Å². The molecular weight excluding hydrogens is 296 g/mol. The van der Waals surface area contributed by atoms with E-state index in [4.69, 9.17) is 0 Å². The van der Waals surface area contributed by atoms with Crippen LogP contribution in [0.25, 0.3) is 0 Å². The first-order valence-corrected chi connectivity index (χ1v) is 6.94. The molecule has 2 unspecified atom stereocenters. The molecule has 0 saturated heterocycles. The number of nitro groups is 1. The molecule has 0 aliphatic carbocycles. The van der Waals surface area contributed by atoms with Gasteiger partial charge in [0, 0.05) is 17.5 Å². The van der Waals surface area contributed by atoms with E-state index >= 15 is 0 Å². The van der Waals surface area contributed by atoms with Crippen LogP contribution in [0.2, 0.25) is 0 Å². The van der Waals surface area contributed by atoms with Crippen molar-refractivity contribution in [2.45, 2.75) is 18.3 Å². The fourth-order valence-corrected chi connectivity index (χ4v) is 2.61. The summed E-state index contributed by atoms with van der Waals surface area (Å²) in [4.78, 5) is 21.9. The lowest BCUT2D eigenvalue weighted by molar-refractivity contribution is -0.385. The van der Waals surface area contributed by atoms with Gasteiger partial charge in [-0.3, -0.25) is 14.9 Å². The zero-order valence-electron chi connectivity index (χ0n) is 12.1. The zero-order valence-corrected chi connectivity index (χ0v) is 12.1. The number of rotatable bonds is 6. The summed E-state index contributed by atoms with van der Waals surface area (Å²) in [5.41, 5.74) is 0.722. The largest absolute Gasteiger partial charge is 0.481 e. The molecule has 2 rings (SSSR count). The molecule has 0 aromatic heterocycles. The number of carboxylic acids is 1. The van der Waals surface area contributed by atoms with E-state index in [0.717, 1.165) is 0 Å². The molecule has 2 aromatic carbocycles. The van der Waals surface area contributed by atoms with Gasteiger partial charge < -0.3 is 5.11 Å². The van der Waals surface area contributed by atoms with E-state index in [2.05, 4.69) is 0 Å². The van der Waals surface area contributed by atoms with E-state index in [1.165, 1.54) is 18.2 Å². The highest BCUT2D eigenvalue weighted by atomic mass is 16.6. The van der Waals surface area contributed by atoms with Crippen LogP contribution in [0.5, 0.6) is 0 Å². The summed E-state index contributed by atoms with van der Waals surface area (Å²) in [6.45, 7) is 0. The Hall–Kier alpha value is -3.20. The topological polar surface area (TPSA) is 104 Å². The molecule has 0 amide bonds. The lowest BCUT2D eigenvalue weighted by atomic mass is 9.79. The van der Waals surface area contributed by atoms with Gasteiger partial charge in [-0.1, -0.05) is 48.5 Å². The van der Waals surface area contributed by atoms with Crippen molar-refractivity contribution in [1.82, 2.24) is 0 Å². The quantitative estimate of drug-likeness (QED) is 0.650. The molecule has 1 N–H and O–H groups in total. The monoisotopic (exact) mass is 310 g/mol. The number of aliphatic carboxylic acids is 1. The van der Waals surface area contributed by atoms with E-state index in [1.54, 1.807) is 36.4 Å². The van der Waals surface area contributed by atoms with Gasteiger partial charge in [-0.25, -0.2) is 0 Å². The maximum atomic E-state index is 11.2. The summed E-state index contributed by atoms with van der Waals surface area (Å²) < 4.78 is 0. The van der Waals surface area contributed by atoms with E-state index < -0.39 is 22.7 Å². The zero-order chi connectivity index (χ0) is 16.8. The van der Waals surface area contributed by atoms with Crippen molar-refractivity contribution < 1.29 is 14.8 Å². The molecule has 0 radical (unpaired) electrons. The molecule has 116 valence electrons. The molecule has 6 heteroatoms. The van der Waals surface area contributed by atoms with Gasteiger partial charge in [-0.2, -0.15) is 5.26 Å². The van der Waals surface area contributed by atoms with Gasteiger partial charge in [-0.05, 0) is 5.56 Å². The van der Waals surface area contributed by atoms with E-state index in [-0.39, 0.29) is 17.7 Å². The molecule has 0 aliphatic heterocycles. The Morgan fingerprint density at radius 2 is 1.78 bits per heavy atom. The second-order valence-corrected chi connectivity index (χ2v) is 5.04. The van der Waals surface area contributed by atoms with Crippen LogP contribution in [-0.4, -0.2) is 16.0 Å². The Bertz CT molecular complexity index is 753. The molecular formula is C17H14N2O4. The van der Waals surface area contributed by atoms with Gasteiger partial charge in [0.2, 0.25) is 0 Å². The highest BCUT2D eigenvalue weighted by Crippen LogP contribution is 2.38. The lowest BCUT2D eigenvalue weighted by Gasteiger charge is -2.21. The summed E-state index contributed by atoms with van der Waals surface area (Å²) in [5, 5.41) is 29.9. The Kier molecular flexibility index (Phi) is 5.05. The van der Waals surface area contributed by atoms with Gasteiger partial charge >= 0.3 is 5.97 Å². The molecule has 23 heavy (non-hydrogen) atoms. The SMILES string of the molecule is N#CC(c1ccccc1[N+](=O)[O-])C(CC(=O)O)c1ccccc1. The third-order valence-corrected chi connectivity index (χ3v) is 3.63. The fourth-order valence-electron chi connectivity index (χ4n) is 2.61. The van der Waals surface area contributed by atoms with Crippen LogP contribution in [0.4, 0.5) is 5.69 Å². The number of nitriles is 1. The predicted octanol–water partition coefficient (Wildman–Crippen LogP) is 3.46. The van der Waals surface area contributed by atoms with E-state index in [0.29, 0.717) is 5.56 Å². The van der Waals surface area contributed by atoms with Crippen molar-refractivity contribution in [3.05, 3.63) is 75.8 Å². The Morgan fingerprint density at radius 3 is 2.35 bits per heavy atom. The number of carboxylic acid groups (broad SMARTS) is 1. The van der Waals surface area contributed by atoms with Crippen LogP contribution < -0.4 is 0 Å². The van der Waals surface area contributed by atoms with Crippen LogP contribution in [0, 0.1) is 21.4 Å². The highest BCUT2D eigenvalue weighted by molar-refractivity contribution is 5.68. The minimum atomic E-state index is -1.06. The Balaban J connectivity index is 2.54. The van der Waals surface area contributed by atoms with Crippen molar-refractivity contribution >= 4 is 11.7 Å². The molecule has 0 spiro atoms. The summed E-state index contributed by atoms with van der Waals surface area (Å²) >= 11 is 0. The number of para-hydroxylation sites is 1. The average Bonchev–Trinajstić information content (AvgIpc) is 2.55.